The number of hydrogen-bond donors (Lipinski definition) is 2. The zero-order chi connectivity index (χ0) is 22.7. The number of nitrogens with zero attached hydrogens (tertiary/aromatic N) is 1. The van der Waals surface area contributed by atoms with Crippen LogP contribution < -0.4 is 15.8 Å². The van der Waals surface area contributed by atoms with Crippen molar-refractivity contribution < 1.29 is 19.1 Å². The van der Waals surface area contributed by atoms with E-state index in [1.165, 1.54) is 11.8 Å². The van der Waals surface area contributed by atoms with Crippen molar-refractivity contribution in [2.75, 3.05) is 6.54 Å². The number of rotatable bonds is 6. The Morgan fingerprint density at radius 2 is 1.72 bits per heavy atom. The van der Waals surface area contributed by atoms with Crippen LogP contribution in [0.5, 0.6) is 5.75 Å². The quantitative estimate of drug-likeness (QED) is 0.626. The van der Waals surface area contributed by atoms with Gasteiger partial charge in [0.05, 0.1) is 0 Å². The van der Waals surface area contributed by atoms with Gasteiger partial charge < -0.3 is 15.8 Å². The Balaban J connectivity index is 1.62. The van der Waals surface area contributed by atoms with Gasteiger partial charge in [-0.1, -0.05) is 66.7 Å². The van der Waals surface area contributed by atoms with Gasteiger partial charge in [0.1, 0.15) is 17.3 Å². The van der Waals surface area contributed by atoms with Crippen molar-refractivity contribution in [2.24, 2.45) is 5.73 Å². The van der Waals surface area contributed by atoms with Gasteiger partial charge in [-0.25, -0.2) is 4.79 Å². The molecule has 7 nitrogen and oxygen atoms in total. The van der Waals surface area contributed by atoms with E-state index >= 15 is 0 Å². The number of likely N-dealkylation sites (tertiary alicyclic amines) is 1. The van der Waals surface area contributed by atoms with Crippen LogP contribution in [-0.2, 0) is 16.0 Å². The van der Waals surface area contributed by atoms with Crippen molar-refractivity contribution in [3.05, 3.63) is 78.4 Å². The van der Waals surface area contributed by atoms with Crippen LogP contribution in [0.15, 0.2) is 72.8 Å². The van der Waals surface area contributed by atoms with Crippen molar-refractivity contribution in [3.8, 4) is 5.75 Å². The van der Waals surface area contributed by atoms with Gasteiger partial charge in [-0.2, -0.15) is 0 Å². The molecule has 0 saturated carbocycles. The van der Waals surface area contributed by atoms with Crippen LogP contribution in [0.1, 0.15) is 18.9 Å². The van der Waals surface area contributed by atoms with Gasteiger partial charge in [0.15, 0.2) is 0 Å². The first-order valence-corrected chi connectivity index (χ1v) is 10.5. The fourth-order valence-electron chi connectivity index (χ4n) is 4.03. The predicted octanol–water partition coefficient (Wildman–Crippen LogP) is 3.02. The predicted molar refractivity (Wildman–Crippen MR) is 121 cm³/mol. The van der Waals surface area contributed by atoms with E-state index in [9.17, 15) is 14.4 Å². The van der Waals surface area contributed by atoms with E-state index in [0.717, 1.165) is 16.3 Å². The first-order chi connectivity index (χ1) is 15.4. The molecule has 3 aromatic rings. The Morgan fingerprint density at radius 1 is 1.03 bits per heavy atom. The maximum atomic E-state index is 13.3. The Bertz CT molecular complexity index is 1160. The van der Waals surface area contributed by atoms with Crippen molar-refractivity contribution >= 4 is 28.7 Å². The van der Waals surface area contributed by atoms with E-state index in [1.54, 1.807) is 6.07 Å². The highest BCUT2D eigenvalue weighted by molar-refractivity contribution is 5.96. The summed E-state index contributed by atoms with van der Waals surface area (Å²) in [5.41, 5.74) is 5.07. The standard InChI is InChI=1S/C25H25N3O4/c1-17(22(26)29)27-23(30)25(16-18-8-3-2-4-9-18)14-15-28(25)24(31)32-21-13-7-11-19-10-5-6-12-20(19)21/h2-13,17H,14-16H2,1H3,(H2,26,29)(H,27,30)/t17-,25+/m0/s1. The summed E-state index contributed by atoms with van der Waals surface area (Å²) in [6.07, 6.45) is 0.144. The molecule has 32 heavy (non-hydrogen) atoms. The highest BCUT2D eigenvalue weighted by Gasteiger charge is 2.54. The molecule has 3 aromatic carbocycles. The van der Waals surface area contributed by atoms with Gasteiger partial charge in [0.2, 0.25) is 11.8 Å². The van der Waals surface area contributed by atoms with E-state index < -0.39 is 29.5 Å². The lowest BCUT2D eigenvalue weighted by Crippen LogP contribution is -2.71. The molecule has 164 valence electrons. The van der Waals surface area contributed by atoms with Gasteiger partial charge in [-0.3, -0.25) is 14.5 Å². The molecule has 1 fully saturated rings. The monoisotopic (exact) mass is 431 g/mol. The molecule has 2 atom stereocenters. The molecule has 4 rings (SSSR count). The molecule has 0 radical (unpaired) electrons. The number of benzene rings is 3. The molecule has 0 aliphatic carbocycles. The minimum Gasteiger partial charge on any atom is -0.410 e. The van der Waals surface area contributed by atoms with E-state index in [2.05, 4.69) is 5.32 Å². The van der Waals surface area contributed by atoms with Gasteiger partial charge in [-0.15, -0.1) is 0 Å². The lowest BCUT2D eigenvalue weighted by molar-refractivity contribution is -0.142. The van der Waals surface area contributed by atoms with Crippen LogP contribution in [0.25, 0.3) is 10.8 Å². The molecule has 0 spiro atoms. The number of carbonyl (C=O) groups excluding carboxylic acids is 3. The summed E-state index contributed by atoms with van der Waals surface area (Å²) in [7, 11) is 0. The molecule has 0 aromatic heterocycles. The van der Waals surface area contributed by atoms with Crippen LogP contribution in [-0.4, -0.2) is 40.9 Å². The largest absolute Gasteiger partial charge is 0.416 e. The normalized spacial score (nSPS) is 18.5. The van der Waals surface area contributed by atoms with E-state index in [0.29, 0.717) is 25.1 Å². The summed E-state index contributed by atoms with van der Waals surface area (Å²) in [5.74, 6) is -0.634. The topological polar surface area (TPSA) is 102 Å². The first-order valence-electron chi connectivity index (χ1n) is 10.5. The third-order valence-electron chi connectivity index (χ3n) is 5.97. The van der Waals surface area contributed by atoms with Crippen molar-refractivity contribution in [2.45, 2.75) is 31.3 Å². The van der Waals surface area contributed by atoms with Gasteiger partial charge >= 0.3 is 6.09 Å². The number of hydrogen-bond acceptors (Lipinski definition) is 4. The number of amides is 3. The lowest BCUT2D eigenvalue weighted by atomic mass is 9.78. The number of carbonyl (C=O) groups is 3. The zero-order valence-electron chi connectivity index (χ0n) is 17.8. The van der Waals surface area contributed by atoms with Gasteiger partial charge in [0, 0.05) is 18.4 Å². The van der Waals surface area contributed by atoms with Crippen LogP contribution in [0.2, 0.25) is 0 Å². The second kappa shape index (κ2) is 8.70. The van der Waals surface area contributed by atoms with E-state index in [4.69, 9.17) is 10.5 Å². The SMILES string of the molecule is C[C@H](NC(=O)[C@]1(Cc2ccccc2)CCN1C(=O)Oc1cccc2ccccc12)C(N)=O. The molecule has 0 bridgehead atoms. The highest BCUT2D eigenvalue weighted by Crippen LogP contribution is 2.36. The summed E-state index contributed by atoms with van der Waals surface area (Å²) in [6.45, 7) is 1.89. The number of nitrogens with one attached hydrogen (secondary N) is 1. The maximum Gasteiger partial charge on any atom is 0.416 e. The summed E-state index contributed by atoms with van der Waals surface area (Å²) >= 11 is 0. The first kappa shape index (κ1) is 21.4. The number of nitrogens with two attached hydrogens (primary N) is 1. The fourth-order valence-corrected chi connectivity index (χ4v) is 4.03. The minimum absolute atomic E-state index is 0.301. The molecule has 1 heterocycles. The minimum atomic E-state index is -1.16. The van der Waals surface area contributed by atoms with Crippen molar-refractivity contribution in [1.82, 2.24) is 10.2 Å². The molecule has 3 N–H and O–H groups in total. The zero-order valence-corrected chi connectivity index (χ0v) is 17.8. The summed E-state index contributed by atoms with van der Waals surface area (Å²) < 4.78 is 5.74. The summed E-state index contributed by atoms with van der Waals surface area (Å²) in [4.78, 5) is 39.4. The Morgan fingerprint density at radius 3 is 2.41 bits per heavy atom. The van der Waals surface area contributed by atoms with E-state index in [-0.39, 0.29) is 0 Å². The van der Waals surface area contributed by atoms with Crippen LogP contribution in [0, 0.1) is 0 Å². The molecule has 1 saturated heterocycles. The molecular weight excluding hydrogens is 406 g/mol. The lowest BCUT2D eigenvalue weighted by Gasteiger charge is -2.50. The van der Waals surface area contributed by atoms with Crippen LogP contribution in [0.3, 0.4) is 0 Å². The molecule has 1 aliphatic rings. The Kier molecular flexibility index (Phi) is 5.81. The molecular formula is C25H25N3O4. The van der Waals surface area contributed by atoms with Gasteiger partial charge in [0.25, 0.3) is 0 Å². The second-order valence-corrected chi connectivity index (χ2v) is 8.04. The molecule has 7 heteroatoms. The average molecular weight is 431 g/mol. The van der Waals surface area contributed by atoms with Crippen molar-refractivity contribution in [1.29, 1.82) is 0 Å². The smallest absolute Gasteiger partial charge is 0.410 e. The van der Waals surface area contributed by atoms with Crippen LogP contribution in [0.4, 0.5) is 4.79 Å². The second-order valence-electron chi connectivity index (χ2n) is 8.04. The average Bonchev–Trinajstić information content (AvgIpc) is 2.77. The number of ether oxygens (including phenoxy) is 1. The third-order valence-corrected chi connectivity index (χ3v) is 5.97. The highest BCUT2D eigenvalue weighted by atomic mass is 16.6. The summed E-state index contributed by atoms with van der Waals surface area (Å²) in [5, 5.41) is 4.42. The molecule has 0 unspecified atom stereocenters. The maximum absolute atomic E-state index is 13.3. The third kappa shape index (κ3) is 4.01. The fraction of sp³-hybridized carbons (Fsp3) is 0.240. The Hall–Kier alpha value is -3.87. The van der Waals surface area contributed by atoms with Crippen LogP contribution >= 0.6 is 0 Å². The Labute approximate surface area is 186 Å². The van der Waals surface area contributed by atoms with Gasteiger partial charge in [-0.05, 0) is 30.4 Å². The number of fused-ring (bicyclic) bond motifs is 1. The summed E-state index contributed by atoms with van der Waals surface area (Å²) in [6, 6.07) is 21.7. The van der Waals surface area contributed by atoms with E-state index in [1.807, 2.05) is 66.7 Å². The van der Waals surface area contributed by atoms with Crippen molar-refractivity contribution in [3.63, 3.8) is 0 Å². The molecule has 1 aliphatic heterocycles. The molecule has 3 amide bonds. The number of primary amides is 1.